The molecule has 6 heteroatoms. The van der Waals surface area contributed by atoms with Gasteiger partial charge >= 0.3 is 0 Å². The van der Waals surface area contributed by atoms with Gasteiger partial charge in [-0.05, 0) is 31.5 Å². The standard InChI is InChI=1S/C18H17N3O2S/c22-21(23)15-8-3-1-6-13(15)12-20-11-5-9-16(20)18-19-14-7-2-4-10-17(14)24-18/h1-4,6-8,10,16H,5,9,11-12H2. The first-order chi connectivity index (χ1) is 11.7. The summed E-state index contributed by atoms with van der Waals surface area (Å²) >= 11 is 1.73. The molecule has 5 nitrogen and oxygen atoms in total. The summed E-state index contributed by atoms with van der Waals surface area (Å²) in [6.45, 7) is 1.55. The van der Waals surface area contributed by atoms with Crippen molar-refractivity contribution < 1.29 is 4.92 Å². The smallest absolute Gasteiger partial charge is 0.273 e. The molecule has 4 rings (SSSR count). The van der Waals surface area contributed by atoms with Crippen LogP contribution in [-0.2, 0) is 6.54 Å². The van der Waals surface area contributed by atoms with E-state index in [9.17, 15) is 10.1 Å². The SMILES string of the molecule is O=[N+]([O-])c1ccccc1CN1CCCC1c1nc2ccccc2s1. The van der Waals surface area contributed by atoms with Gasteiger partial charge in [0.25, 0.3) is 5.69 Å². The highest BCUT2D eigenvalue weighted by Crippen LogP contribution is 2.37. The highest BCUT2D eigenvalue weighted by molar-refractivity contribution is 7.18. The molecule has 2 heterocycles. The number of aromatic nitrogens is 1. The van der Waals surface area contributed by atoms with Crippen LogP contribution in [0.3, 0.4) is 0 Å². The molecule has 0 N–H and O–H groups in total. The molecule has 1 aromatic heterocycles. The fraction of sp³-hybridized carbons (Fsp3) is 0.278. The van der Waals surface area contributed by atoms with Gasteiger partial charge in [0.15, 0.2) is 0 Å². The quantitative estimate of drug-likeness (QED) is 0.517. The third kappa shape index (κ3) is 2.79. The van der Waals surface area contributed by atoms with Crippen LogP contribution in [0.4, 0.5) is 5.69 Å². The lowest BCUT2D eigenvalue weighted by Gasteiger charge is -2.22. The van der Waals surface area contributed by atoms with Gasteiger partial charge < -0.3 is 0 Å². The number of fused-ring (bicyclic) bond motifs is 1. The minimum atomic E-state index is -0.294. The van der Waals surface area contributed by atoms with Crippen molar-refractivity contribution in [1.29, 1.82) is 0 Å². The minimum absolute atomic E-state index is 0.201. The first kappa shape index (κ1) is 15.2. The summed E-state index contributed by atoms with van der Waals surface area (Å²) in [7, 11) is 0. The Morgan fingerprint density at radius 2 is 2.00 bits per heavy atom. The number of hydrogen-bond acceptors (Lipinski definition) is 5. The van der Waals surface area contributed by atoms with E-state index in [-0.39, 0.29) is 16.7 Å². The lowest BCUT2D eigenvalue weighted by atomic mass is 10.1. The predicted molar refractivity (Wildman–Crippen MR) is 95.1 cm³/mol. The molecular weight excluding hydrogens is 322 g/mol. The summed E-state index contributed by atoms with van der Waals surface area (Å²) in [6, 6.07) is 15.4. The molecule has 1 aliphatic rings. The van der Waals surface area contributed by atoms with E-state index in [1.54, 1.807) is 23.5 Å². The van der Waals surface area contributed by atoms with E-state index < -0.39 is 0 Å². The van der Waals surface area contributed by atoms with E-state index in [4.69, 9.17) is 4.98 Å². The second-order valence-corrected chi connectivity index (χ2v) is 7.10. The third-order valence-electron chi connectivity index (χ3n) is 4.52. The molecule has 0 amide bonds. The molecule has 0 saturated carbocycles. The average Bonchev–Trinajstić information content (AvgIpc) is 3.21. The maximum absolute atomic E-state index is 11.2. The first-order valence-corrected chi connectivity index (χ1v) is 8.86. The Morgan fingerprint density at radius 1 is 1.21 bits per heavy atom. The Morgan fingerprint density at radius 3 is 2.83 bits per heavy atom. The lowest BCUT2D eigenvalue weighted by Crippen LogP contribution is -2.23. The van der Waals surface area contributed by atoms with Gasteiger partial charge in [0.2, 0.25) is 0 Å². The topological polar surface area (TPSA) is 59.3 Å². The molecular formula is C18H17N3O2S. The normalized spacial score (nSPS) is 18.2. The number of rotatable bonds is 4. The highest BCUT2D eigenvalue weighted by atomic mass is 32.1. The summed E-state index contributed by atoms with van der Waals surface area (Å²) in [4.78, 5) is 18.1. The van der Waals surface area contributed by atoms with Crippen molar-refractivity contribution in [3.63, 3.8) is 0 Å². The van der Waals surface area contributed by atoms with E-state index in [2.05, 4.69) is 11.0 Å². The summed E-state index contributed by atoms with van der Waals surface area (Å²) in [5.74, 6) is 0. The molecule has 24 heavy (non-hydrogen) atoms. The summed E-state index contributed by atoms with van der Waals surface area (Å²) in [5, 5.41) is 12.4. The van der Waals surface area contributed by atoms with Gasteiger partial charge in [-0.1, -0.05) is 30.3 Å². The summed E-state index contributed by atoms with van der Waals surface area (Å²) < 4.78 is 1.20. The van der Waals surface area contributed by atoms with Crippen LogP contribution in [0.1, 0.15) is 29.5 Å². The first-order valence-electron chi connectivity index (χ1n) is 8.04. The van der Waals surface area contributed by atoms with Gasteiger partial charge in [0.05, 0.1) is 21.2 Å². The maximum atomic E-state index is 11.2. The van der Waals surface area contributed by atoms with Crippen LogP contribution in [0, 0.1) is 10.1 Å². The lowest BCUT2D eigenvalue weighted by molar-refractivity contribution is -0.385. The van der Waals surface area contributed by atoms with Gasteiger partial charge in [-0.25, -0.2) is 4.98 Å². The Bertz CT molecular complexity index is 860. The zero-order valence-corrected chi connectivity index (χ0v) is 13.9. The number of benzene rings is 2. The molecule has 1 fully saturated rings. The molecule has 3 aromatic rings. The Hall–Kier alpha value is -2.31. The molecule has 0 bridgehead atoms. The van der Waals surface area contributed by atoms with Crippen LogP contribution in [-0.4, -0.2) is 21.4 Å². The molecule has 122 valence electrons. The molecule has 1 atom stereocenters. The molecule has 2 aromatic carbocycles. The maximum Gasteiger partial charge on any atom is 0.273 e. The van der Waals surface area contributed by atoms with E-state index in [0.717, 1.165) is 35.5 Å². The van der Waals surface area contributed by atoms with Gasteiger partial charge in [-0.15, -0.1) is 11.3 Å². The summed E-state index contributed by atoms with van der Waals surface area (Å²) in [5.41, 5.74) is 2.01. The fourth-order valence-corrected chi connectivity index (χ4v) is 4.51. The van der Waals surface area contributed by atoms with E-state index in [0.29, 0.717) is 6.54 Å². The third-order valence-corrected chi connectivity index (χ3v) is 5.66. The molecule has 0 aliphatic carbocycles. The minimum Gasteiger partial charge on any atom is -0.289 e. The summed E-state index contributed by atoms with van der Waals surface area (Å²) in [6.07, 6.45) is 2.15. The average molecular weight is 339 g/mol. The molecule has 1 aliphatic heterocycles. The van der Waals surface area contributed by atoms with Gasteiger partial charge in [-0.3, -0.25) is 15.0 Å². The van der Waals surface area contributed by atoms with Crippen LogP contribution in [0.2, 0.25) is 0 Å². The number of para-hydroxylation sites is 2. The van der Waals surface area contributed by atoms with Crippen molar-refractivity contribution in [2.75, 3.05) is 6.54 Å². The Kier molecular flexibility index (Phi) is 4.00. The number of nitrogens with zero attached hydrogens (tertiary/aromatic N) is 3. The van der Waals surface area contributed by atoms with Crippen LogP contribution in [0.25, 0.3) is 10.2 Å². The van der Waals surface area contributed by atoms with Crippen molar-refractivity contribution in [3.05, 3.63) is 69.2 Å². The van der Waals surface area contributed by atoms with Crippen molar-refractivity contribution in [2.24, 2.45) is 0 Å². The largest absolute Gasteiger partial charge is 0.289 e. The van der Waals surface area contributed by atoms with Crippen LogP contribution in [0.15, 0.2) is 48.5 Å². The Labute approximate surface area is 143 Å². The van der Waals surface area contributed by atoms with E-state index in [1.165, 1.54) is 4.70 Å². The van der Waals surface area contributed by atoms with Gasteiger partial charge in [0.1, 0.15) is 5.01 Å². The monoisotopic (exact) mass is 339 g/mol. The zero-order valence-electron chi connectivity index (χ0n) is 13.1. The van der Waals surface area contributed by atoms with Gasteiger partial charge in [-0.2, -0.15) is 0 Å². The van der Waals surface area contributed by atoms with Crippen LogP contribution >= 0.6 is 11.3 Å². The van der Waals surface area contributed by atoms with Crippen molar-refractivity contribution in [3.8, 4) is 0 Å². The van der Waals surface area contributed by atoms with Crippen molar-refractivity contribution >= 4 is 27.2 Å². The number of thiazole rings is 1. The van der Waals surface area contributed by atoms with Gasteiger partial charge in [0, 0.05) is 18.2 Å². The molecule has 0 radical (unpaired) electrons. The predicted octanol–water partition coefficient (Wildman–Crippen LogP) is 4.54. The number of nitro benzene ring substituents is 1. The van der Waals surface area contributed by atoms with E-state index in [1.807, 2.05) is 30.3 Å². The number of nitro groups is 1. The Balaban J connectivity index is 1.62. The highest BCUT2D eigenvalue weighted by Gasteiger charge is 2.30. The number of hydrogen-bond donors (Lipinski definition) is 0. The van der Waals surface area contributed by atoms with Crippen molar-refractivity contribution in [1.82, 2.24) is 9.88 Å². The molecule has 1 unspecified atom stereocenters. The zero-order chi connectivity index (χ0) is 16.5. The molecule has 0 spiro atoms. The molecule has 1 saturated heterocycles. The number of likely N-dealkylation sites (tertiary alicyclic amines) is 1. The second kappa shape index (κ2) is 6.30. The van der Waals surface area contributed by atoms with E-state index >= 15 is 0 Å². The van der Waals surface area contributed by atoms with Crippen LogP contribution in [0.5, 0.6) is 0 Å². The second-order valence-electron chi connectivity index (χ2n) is 6.03. The van der Waals surface area contributed by atoms with Crippen LogP contribution < -0.4 is 0 Å². The fourth-order valence-electron chi connectivity index (χ4n) is 3.37. The van der Waals surface area contributed by atoms with Crippen molar-refractivity contribution in [2.45, 2.75) is 25.4 Å².